The normalized spacial score (nSPS) is 21.7. The molecular weight excluding hydrogens is 252 g/mol. The van der Waals surface area contributed by atoms with Crippen LogP contribution in [-0.2, 0) is 4.79 Å². The fourth-order valence-electron chi connectivity index (χ4n) is 2.02. The van der Waals surface area contributed by atoms with E-state index >= 15 is 0 Å². The lowest BCUT2D eigenvalue weighted by Crippen LogP contribution is -2.54. The van der Waals surface area contributed by atoms with Crippen LogP contribution in [0.2, 0.25) is 5.02 Å². The van der Waals surface area contributed by atoms with Crippen molar-refractivity contribution in [3.63, 3.8) is 0 Å². The second kappa shape index (κ2) is 4.98. The summed E-state index contributed by atoms with van der Waals surface area (Å²) in [7, 11) is 0. The molecule has 96 valence electrons. The van der Waals surface area contributed by atoms with Gasteiger partial charge in [-0.2, -0.15) is 0 Å². The maximum absolute atomic E-state index is 11.8. The van der Waals surface area contributed by atoms with Gasteiger partial charge >= 0.3 is 6.03 Å². The van der Waals surface area contributed by atoms with Crippen LogP contribution in [0.1, 0.15) is 25.5 Å². The van der Waals surface area contributed by atoms with Gasteiger partial charge in [-0.3, -0.25) is 10.1 Å². The van der Waals surface area contributed by atoms with Crippen LogP contribution in [0.4, 0.5) is 4.79 Å². The molecule has 5 heteroatoms. The van der Waals surface area contributed by atoms with Crippen molar-refractivity contribution in [1.82, 2.24) is 10.2 Å². The third kappa shape index (κ3) is 2.48. The Morgan fingerprint density at radius 2 is 1.94 bits per heavy atom. The van der Waals surface area contributed by atoms with Crippen molar-refractivity contribution in [2.24, 2.45) is 5.92 Å². The maximum Gasteiger partial charge on any atom is 0.324 e. The number of amides is 3. The van der Waals surface area contributed by atoms with Crippen LogP contribution in [0.5, 0.6) is 0 Å². The van der Waals surface area contributed by atoms with E-state index in [9.17, 15) is 9.59 Å². The summed E-state index contributed by atoms with van der Waals surface area (Å²) < 4.78 is 0. The monoisotopic (exact) mass is 266 g/mol. The highest BCUT2D eigenvalue weighted by molar-refractivity contribution is 6.30. The van der Waals surface area contributed by atoms with Gasteiger partial charge in [-0.05, 0) is 24.6 Å². The Hall–Kier alpha value is -1.55. The average Bonchev–Trinajstić information content (AvgIpc) is 2.34. The fourth-order valence-corrected chi connectivity index (χ4v) is 2.14. The molecule has 0 saturated carbocycles. The van der Waals surface area contributed by atoms with E-state index in [1.54, 1.807) is 17.0 Å². The average molecular weight is 267 g/mol. The van der Waals surface area contributed by atoms with E-state index in [4.69, 9.17) is 11.6 Å². The van der Waals surface area contributed by atoms with Crippen LogP contribution in [0, 0.1) is 5.92 Å². The molecule has 1 N–H and O–H groups in total. The van der Waals surface area contributed by atoms with E-state index in [2.05, 4.69) is 5.32 Å². The Bertz CT molecular complexity index is 472. The van der Waals surface area contributed by atoms with Crippen LogP contribution in [0.25, 0.3) is 0 Å². The quantitative estimate of drug-likeness (QED) is 0.894. The summed E-state index contributed by atoms with van der Waals surface area (Å²) in [4.78, 5) is 24.8. The van der Waals surface area contributed by atoms with Gasteiger partial charge in [-0.1, -0.05) is 30.7 Å². The summed E-state index contributed by atoms with van der Waals surface area (Å²) in [5.74, 6) is -0.392. The van der Waals surface area contributed by atoms with Crippen molar-refractivity contribution in [3.05, 3.63) is 34.9 Å². The first-order chi connectivity index (χ1) is 8.49. The number of imide groups is 1. The number of nitrogens with one attached hydrogen (secondary N) is 1. The molecule has 4 nitrogen and oxygen atoms in total. The van der Waals surface area contributed by atoms with Crippen molar-refractivity contribution in [1.29, 1.82) is 0 Å². The van der Waals surface area contributed by atoms with Crippen molar-refractivity contribution in [3.8, 4) is 0 Å². The molecule has 2 atom stereocenters. The Morgan fingerprint density at radius 1 is 1.33 bits per heavy atom. The SMILES string of the molecule is CC1CN(C(C)c2ccc(Cl)cc2)C(=O)NC1=O. The molecule has 0 radical (unpaired) electrons. The molecule has 1 aliphatic rings. The van der Waals surface area contributed by atoms with Gasteiger partial charge in [0.05, 0.1) is 12.0 Å². The number of hydrogen-bond donors (Lipinski definition) is 1. The lowest BCUT2D eigenvalue weighted by molar-refractivity contribution is -0.125. The van der Waals surface area contributed by atoms with E-state index in [1.807, 2.05) is 26.0 Å². The van der Waals surface area contributed by atoms with E-state index in [-0.39, 0.29) is 23.9 Å². The molecule has 0 aromatic heterocycles. The summed E-state index contributed by atoms with van der Waals surface area (Å²) in [5.41, 5.74) is 0.996. The van der Waals surface area contributed by atoms with E-state index < -0.39 is 0 Å². The molecule has 1 saturated heterocycles. The zero-order valence-corrected chi connectivity index (χ0v) is 11.1. The molecule has 1 aromatic rings. The molecule has 0 aliphatic carbocycles. The Kier molecular flexibility index (Phi) is 3.57. The predicted molar refractivity (Wildman–Crippen MR) is 69.3 cm³/mol. The molecule has 0 bridgehead atoms. The van der Waals surface area contributed by atoms with E-state index in [1.165, 1.54) is 0 Å². The zero-order chi connectivity index (χ0) is 13.3. The van der Waals surface area contributed by atoms with Crippen LogP contribution in [0.3, 0.4) is 0 Å². The van der Waals surface area contributed by atoms with E-state index in [0.717, 1.165) is 5.56 Å². The second-order valence-electron chi connectivity index (χ2n) is 4.58. The number of hydrogen-bond acceptors (Lipinski definition) is 2. The highest BCUT2D eigenvalue weighted by Crippen LogP contribution is 2.24. The molecule has 3 amide bonds. The van der Waals surface area contributed by atoms with Gasteiger partial charge in [-0.15, -0.1) is 0 Å². The Morgan fingerprint density at radius 3 is 2.56 bits per heavy atom. The molecule has 1 heterocycles. The van der Waals surface area contributed by atoms with E-state index in [0.29, 0.717) is 11.6 Å². The third-order valence-corrected chi connectivity index (χ3v) is 3.48. The summed E-state index contributed by atoms with van der Waals surface area (Å²) in [5, 5.41) is 3.03. The maximum atomic E-state index is 11.8. The molecule has 0 spiro atoms. The first-order valence-electron chi connectivity index (χ1n) is 5.86. The number of urea groups is 1. The van der Waals surface area contributed by atoms with Crippen LogP contribution >= 0.6 is 11.6 Å². The molecule has 2 rings (SSSR count). The van der Waals surface area contributed by atoms with Gasteiger partial charge in [0.25, 0.3) is 0 Å². The molecule has 1 aromatic carbocycles. The summed E-state index contributed by atoms with van der Waals surface area (Å²) >= 11 is 5.84. The van der Waals surface area contributed by atoms with Gasteiger partial charge in [0.15, 0.2) is 0 Å². The number of nitrogens with zero attached hydrogens (tertiary/aromatic N) is 1. The fraction of sp³-hybridized carbons (Fsp3) is 0.385. The van der Waals surface area contributed by atoms with Crippen LogP contribution < -0.4 is 5.32 Å². The molecule has 1 aliphatic heterocycles. The first kappa shape index (κ1) is 12.9. The minimum absolute atomic E-state index is 0.0854. The minimum atomic E-state index is -0.333. The van der Waals surface area contributed by atoms with Crippen LogP contribution in [0.15, 0.2) is 24.3 Å². The lowest BCUT2D eigenvalue weighted by atomic mass is 10.0. The standard InChI is InChI=1S/C13H15ClN2O2/c1-8-7-16(13(18)15-12(8)17)9(2)10-3-5-11(14)6-4-10/h3-6,8-9H,7H2,1-2H3,(H,15,17,18). The van der Waals surface area contributed by atoms with Crippen LogP contribution in [-0.4, -0.2) is 23.4 Å². The number of halogens is 1. The van der Waals surface area contributed by atoms with Gasteiger partial charge in [0.1, 0.15) is 0 Å². The summed E-state index contributed by atoms with van der Waals surface area (Å²) in [6.45, 7) is 4.18. The molecule has 2 unspecified atom stereocenters. The van der Waals surface area contributed by atoms with Crippen molar-refractivity contribution in [2.45, 2.75) is 19.9 Å². The van der Waals surface area contributed by atoms with Gasteiger partial charge in [0, 0.05) is 11.6 Å². The van der Waals surface area contributed by atoms with Crippen molar-refractivity contribution >= 4 is 23.5 Å². The number of rotatable bonds is 2. The molecule has 18 heavy (non-hydrogen) atoms. The second-order valence-corrected chi connectivity index (χ2v) is 5.01. The zero-order valence-electron chi connectivity index (χ0n) is 10.3. The first-order valence-corrected chi connectivity index (χ1v) is 6.23. The van der Waals surface area contributed by atoms with Gasteiger partial charge < -0.3 is 4.90 Å². The molecular formula is C13H15ClN2O2. The van der Waals surface area contributed by atoms with Gasteiger partial charge in [0.2, 0.25) is 5.91 Å². The minimum Gasteiger partial charge on any atom is -0.317 e. The predicted octanol–water partition coefficient (Wildman–Crippen LogP) is 2.59. The third-order valence-electron chi connectivity index (χ3n) is 3.23. The Labute approximate surface area is 111 Å². The number of carbonyl (C=O) groups excluding carboxylic acids is 2. The van der Waals surface area contributed by atoms with Crippen molar-refractivity contribution < 1.29 is 9.59 Å². The smallest absolute Gasteiger partial charge is 0.317 e. The Balaban J connectivity index is 2.18. The van der Waals surface area contributed by atoms with Crippen molar-refractivity contribution in [2.75, 3.05) is 6.54 Å². The number of benzene rings is 1. The highest BCUT2D eigenvalue weighted by atomic mass is 35.5. The summed E-state index contributed by atoms with van der Waals surface area (Å²) in [6.07, 6.45) is 0. The lowest BCUT2D eigenvalue weighted by Gasteiger charge is -2.35. The summed E-state index contributed by atoms with van der Waals surface area (Å²) in [6, 6.07) is 6.95. The van der Waals surface area contributed by atoms with Gasteiger partial charge in [-0.25, -0.2) is 4.79 Å². The number of carbonyl (C=O) groups is 2. The topological polar surface area (TPSA) is 49.4 Å². The highest BCUT2D eigenvalue weighted by Gasteiger charge is 2.32. The molecule has 1 fully saturated rings. The largest absolute Gasteiger partial charge is 0.324 e.